The second kappa shape index (κ2) is 37.3. The van der Waals surface area contributed by atoms with Crippen molar-refractivity contribution in [3.8, 4) is 0 Å². The Labute approximate surface area is 377 Å². The third kappa shape index (κ3) is 29.8. The Bertz CT molecular complexity index is 1370. The smallest absolute Gasteiger partial charge is 0.320 e. The van der Waals surface area contributed by atoms with Crippen LogP contribution in [-0.2, 0) is 58.9 Å². The molecular weight excluding hydrogens is 811 g/mol. The van der Waals surface area contributed by atoms with Crippen molar-refractivity contribution in [3.05, 3.63) is 29.8 Å². The van der Waals surface area contributed by atoms with Crippen molar-refractivity contribution in [3.63, 3.8) is 0 Å². The van der Waals surface area contributed by atoms with E-state index in [0.717, 1.165) is 56.9 Å². The van der Waals surface area contributed by atoms with E-state index in [-0.39, 0.29) is 91.3 Å². The molecule has 1 aromatic carbocycles. The van der Waals surface area contributed by atoms with Crippen LogP contribution < -0.4 is 11.1 Å². The maximum atomic E-state index is 13.4. The molecule has 0 aliphatic rings. The first-order chi connectivity index (χ1) is 30.5. The molecule has 0 fully saturated rings. The maximum absolute atomic E-state index is 13.4. The molecule has 1 amide bonds. The lowest BCUT2D eigenvalue weighted by molar-refractivity contribution is -0.151. The second-order valence-corrected chi connectivity index (χ2v) is 15.9. The van der Waals surface area contributed by atoms with E-state index in [1.807, 2.05) is 63.8 Å². The molecule has 0 radical (unpaired) electrons. The summed E-state index contributed by atoms with van der Waals surface area (Å²) in [5, 5.41) is 2.95. The number of amides is 1. The van der Waals surface area contributed by atoms with Crippen LogP contribution in [0.25, 0.3) is 0 Å². The van der Waals surface area contributed by atoms with Crippen LogP contribution in [0, 0.1) is 0 Å². The zero-order valence-corrected chi connectivity index (χ0v) is 39.3. The number of ether oxygens (including phenoxy) is 5. The van der Waals surface area contributed by atoms with Crippen molar-refractivity contribution in [1.29, 1.82) is 0 Å². The molecule has 1 aromatic rings. The number of carbonyl (C=O) groups excluding carboxylic acids is 6. The summed E-state index contributed by atoms with van der Waals surface area (Å²) in [6.07, 6.45) is 10.9. The number of rotatable bonds is 39. The summed E-state index contributed by atoms with van der Waals surface area (Å²) in [4.78, 5) is 83.8. The van der Waals surface area contributed by atoms with Gasteiger partial charge >= 0.3 is 29.8 Å². The zero-order valence-electron chi connectivity index (χ0n) is 39.3. The predicted octanol–water partition coefficient (Wildman–Crippen LogP) is 5.68. The number of benzene rings is 1. The fourth-order valence-corrected chi connectivity index (χ4v) is 6.24. The highest BCUT2D eigenvalue weighted by Crippen LogP contribution is 2.17. The molecule has 1 atom stereocenters. The Morgan fingerprint density at radius 2 is 0.921 bits per heavy atom. The molecule has 0 aliphatic carbocycles. The Kier molecular flexibility index (Phi) is 33.7. The molecule has 3 N–H and O–H groups in total. The van der Waals surface area contributed by atoms with Gasteiger partial charge in [0.05, 0.1) is 65.8 Å². The number of nitrogens with two attached hydrogens (primary N) is 1. The Balaban J connectivity index is 3.62. The summed E-state index contributed by atoms with van der Waals surface area (Å²) in [6.45, 7) is 11.5. The van der Waals surface area contributed by atoms with Crippen molar-refractivity contribution >= 4 is 41.4 Å². The summed E-state index contributed by atoms with van der Waals surface area (Å²) in [5.41, 5.74) is 7.07. The average Bonchev–Trinajstić information content (AvgIpc) is 3.25. The molecular formula is C47H81N5O11. The highest BCUT2D eigenvalue weighted by molar-refractivity contribution is 5.90. The monoisotopic (exact) mass is 892 g/mol. The van der Waals surface area contributed by atoms with Gasteiger partial charge in [-0.3, -0.25) is 43.5 Å². The van der Waals surface area contributed by atoms with Gasteiger partial charge in [0.25, 0.3) is 0 Å². The van der Waals surface area contributed by atoms with E-state index >= 15 is 0 Å². The molecule has 0 aliphatic heterocycles. The van der Waals surface area contributed by atoms with Crippen molar-refractivity contribution < 1.29 is 52.5 Å². The summed E-state index contributed by atoms with van der Waals surface area (Å²) < 4.78 is 27.6. The molecule has 0 spiro atoms. The van der Waals surface area contributed by atoms with Gasteiger partial charge in [-0.1, -0.05) is 85.3 Å². The summed E-state index contributed by atoms with van der Waals surface area (Å²) >= 11 is 0. The number of hydrogen-bond acceptors (Lipinski definition) is 15. The van der Waals surface area contributed by atoms with E-state index in [1.165, 1.54) is 0 Å². The molecule has 0 saturated heterocycles. The van der Waals surface area contributed by atoms with Crippen LogP contribution in [0.15, 0.2) is 24.3 Å². The van der Waals surface area contributed by atoms with Gasteiger partial charge in [0.2, 0.25) is 5.91 Å². The molecule has 360 valence electrons. The summed E-state index contributed by atoms with van der Waals surface area (Å²) in [5.74, 6) is -2.51. The zero-order chi connectivity index (χ0) is 46.5. The molecule has 0 saturated carbocycles. The van der Waals surface area contributed by atoms with Crippen LogP contribution in [-0.4, -0.2) is 148 Å². The lowest BCUT2D eigenvalue weighted by atomic mass is 10.0. The number of nitrogens with zero attached hydrogens (tertiary/aromatic N) is 3. The Morgan fingerprint density at radius 3 is 1.33 bits per heavy atom. The number of anilines is 1. The number of carbonyl (C=O) groups is 6. The van der Waals surface area contributed by atoms with E-state index in [4.69, 9.17) is 29.4 Å². The summed E-state index contributed by atoms with van der Waals surface area (Å²) in [6, 6.07) is 6.83. The second-order valence-electron chi connectivity index (χ2n) is 15.9. The first-order valence-corrected chi connectivity index (χ1v) is 23.5. The van der Waals surface area contributed by atoms with Gasteiger partial charge in [-0.2, -0.15) is 0 Å². The first-order valence-electron chi connectivity index (χ1n) is 23.5. The minimum atomic E-state index is -0.555. The standard InChI is InChI=1S/C47H81N5O11/c1-6-11-27-59-43(54)34-50(25-26-51(35-44(55)60-28-12-7-2)36-45(56)61-29-13-8-3)33-41(32-39-20-22-40(23-21-39)49-42(53)19-17-16-18-24-48)52(37-46(57)62-30-14-9-4)38-47(58)63-31-15-10-5/h20-23,41H,6-19,24-38,48H2,1-5H3,(H,49,53). The van der Waals surface area contributed by atoms with Gasteiger partial charge in [-0.15, -0.1) is 0 Å². The van der Waals surface area contributed by atoms with Crippen LogP contribution >= 0.6 is 0 Å². The minimum absolute atomic E-state index is 0.0917. The number of unbranched alkanes of at least 4 members (excludes halogenated alkanes) is 7. The van der Waals surface area contributed by atoms with E-state index in [2.05, 4.69) is 5.32 Å². The molecule has 0 aromatic heterocycles. The Morgan fingerprint density at radius 1 is 0.524 bits per heavy atom. The van der Waals surface area contributed by atoms with Crippen molar-refractivity contribution in [1.82, 2.24) is 14.7 Å². The topological polar surface area (TPSA) is 196 Å². The van der Waals surface area contributed by atoms with Crippen LogP contribution in [0.1, 0.15) is 130 Å². The van der Waals surface area contributed by atoms with E-state index in [0.29, 0.717) is 57.2 Å². The van der Waals surface area contributed by atoms with E-state index in [9.17, 15) is 28.8 Å². The van der Waals surface area contributed by atoms with E-state index < -0.39 is 35.9 Å². The van der Waals surface area contributed by atoms with Crippen molar-refractivity contribution in [2.75, 3.05) is 97.3 Å². The average molecular weight is 892 g/mol. The maximum Gasteiger partial charge on any atom is 0.320 e. The third-order valence-corrected chi connectivity index (χ3v) is 10.1. The molecule has 16 heteroatoms. The lowest BCUT2D eigenvalue weighted by Crippen LogP contribution is -2.52. The van der Waals surface area contributed by atoms with Gasteiger partial charge in [-0.25, -0.2) is 0 Å². The third-order valence-electron chi connectivity index (χ3n) is 10.1. The molecule has 1 rings (SSSR count). The van der Waals surface area contributed by atoms with Gasteiger partial charge in [0.15, 0.2) is 0 Å². The van der Waals surface area contributed by atoms with E-state index in [1.54, 1.807) is 9.80 Å². The summed E-state index contributed by atoms with van der Waals surface area (Å²) in [7, 11) is 0. The quantitative estimate of drug-likeness (QED) is 0.0465. The van der Waals surface area contributed by atoms with Gasteiger partial charge in [-0.05, 0) is 75.6 Å². The van der Waals surface area contributed by atoms with Gasteiger partial charge in [0.1, 0.15) is 0 Å². The largest absolute Gasteiger partial charge is 0.465 e. The van der Waals surface area contributed by atoms with Crippen LogP contribution in [0.5, 0.6) is 0 Å². The SMILES string of the molecule is CCCCOC(=O)CN(CCN(CC(=O)OCCCC)CC(Cc1ccc(NC(=O)CCCCCN)cc1)N(CC(=O)OCCCC)CC(=O)OCCCC)CC(=O)OCCCC. The number of hydrogen-bond donors (Lipinski definition) is 2. The minimum Gasteiger partial charge on any atom is -0.465 e. The van der Waals surface area contributed by atoms with Crippen LogP contribution in [0.3, 0.4) is 0 Å². The highest BCUT2D eigenvalue weighted by Gasteiger charge is 2.29. The fourth-order valence-electron chi connectivity index (χ4n) is 6.24. The molecule has 1 unspecified atom stereocenters. The molecule has 63 heavy (non-hydrogen) atoms. The molecule has 0 bridgehead atoms. The van der Waals surface area contributed by atoms with Crippen molar-refractivity contribution in [2.45, 2.75) is 137 Å². The van der Waals surface area contributed by atoms with Crippen LogP contribution in [0.4, 0.5) is 5.69 Å². The first kappa shape index (κ1) is 56.9. The predicted molar refractivity (Wildman–Crippen MR) is 244 cm³/mol. The highest BCUT2D eigenvalue weighted by atomic mass is 16.5. The molecule has 0 heterocycles. The number of esters is 5. The van der Waals surface area contributed by atoms with Crippen LogP contribution in [0.2, 0.25) is 0 Å². The number of nitrogens with one attached hydrogen (secondary N) is 1. The van der Waals surface area contributed by atoms with Gasteiger partial charge < -0.3 is 34.7 Å². The van der Waals surface area contributed by atoms with Gasteiger partial charge in [0, 0.05) is 37.8 Å². The normalized spacial score (nSPS) is 11.7. The fraction of sp³-hybridized carbons (Fsp3) is 0.745. The molecule has 16 nitrogen and oxygen atoms in total. The lowest BCUT2D eigenvalue weighted by Gasteiger charge is -2.35. The Hall–Kier alpha value is -4.12. The van der Waals surface area contributed by atoms with Crippen molar-refractivity contribution in [2.24, 2.45) is 5.73 Å².